The Kier molecular flexibility index (Phi) is 4.94. The Morgan fingerprint density at radius 2 is 1.81 bits per heavy atom. The summed E-state index contributed by atoms with van der Waals surface area (Å²) in [6, 6.07) is 7.04. The minimum Gasteiger partial charge on any atom is -0.360 e. The van der Waals surface area contributed by atoms with Crippen molar-refractivity contribution >= 4 is 22.7 Å². The molecule has 142 valence electrons. The number of likely N-dealkylation sites (tertiary alicyclic amines) is 1. The fourth-order valence-electron chi connectivity index (χ4n) is 4.17. The van der Waals surface area contributed by atoms with Gasteiger partial charge in [0.15, 0.2) is 0 Å². The van der Waals surface area contributed by atoms with Crippen molar-refractivity contribution in [2.75, 3.05) is 32.7 Å². The van der Waals surface area contributed by atoms with E-state index in [1.165, 1.54) is 6.20 Å². The lowest BCUT2D eigenvalue weighted by Gasteiger charge is -2.21. The van der Waals surface area contributed by atoms with Crippen LogP contribution in [0.5, 0.6) is 0 Å². The molecule has 2 aromatic rings. The molecule has 27 heavy (non-hydrogen) atoms. The molecule has 0 saturated carbocycles. The van der Waals surface area contributed by atoms with Gasteiger partial charge in [-0.1, -0.05) is 12.1 Å². The van der Waals surface area contributed by atoms with E-state index >= 15 is 0 Å². The molecule has 4 rings (SSSR count). The number of carbonyl (C=O) groups is 2. The Bertz CT molecular complexity index is 909. The van der Waals surface area contributed by atoms with Crippen LogP contribution in [0.3, 0.4) is 0 Å². The highest BCUT2D eigenvalue weighted by molar-refractivity contribution is 5.98. The lowest BCUT2D eigenvalue weighted by Crippen LogP contribution is -2.41. The topological polar surface area (TPSA) is 94.3 Å². The fraction of sp³-hybridized carbons (Fsp3) is 0.450. The number of aromatic nitrogens is 1. The third kappa shape index (κ3) is 3.60. The number of fused-ring (bicyclic) bond motifs is 2. The van der Waals surface area contributed by atoms with Crippen LogP contribution in [-0.2, 0) is 4.79 Å². The van der Waals surface area contributed by atoms with Gasteiger partial charge in [-0.3, -0.25) is 14.4 Å². The van der Waals surface area contributed by atoms with Crippen molar-refractivity contribution in [2.24, 2.45) is 11.8 Å². The first kappa shape index (κ1) is 17.7. The van der Waals surface area contributed by atoms with Crippen molar-refractivity contribution in [1.29, 1.82) is 0 Å². The van der Waals surface area contributed by atoms with Gasteiger partial charge in [-0.05, 0) is 49.9 Å². The highest BCUT2D eigenvalue weighted by atomic mass is 16.2. The minimum atomic E-state index is -0.522. The molecular formula is C20H24N4O3. The number of carbonyl (C=O) groups excluding carboxylic acids is 2. The number of benzene rings is 1. The molecule has 2 aliphatic rings. The van der Waals surface area contributed by atoms with E-state index in [9.17, 15) is 14.4 Å². The standard InChI is InChI=1S/C20H24N4O3/c25-18(24-7-5-13-9-21-10-14(13)6-8-24)12-23-20(27)16-11-22-17-4-2-1-3-15(17)19(16)26/h1-4,11,13-14,21H,5-10,12H2,(H,22,26)(H,23,27)/t13-,14+. The molecule has 0 radical (unpaired) electrons. The van der Waals surface area contributed by atoms with Crippen molar-refractivity contribution in [3.05, 3.63) is 46.2 Å². The highest BCUT2D eigenvalue weighted by Gasteiger charge is 2.31. The van der Waals surface area contributed by atoms with Gasteiger partial charge in [-0.25, -0.2) is 0 Å². The highest BCUT2D eigenvalue weighted by Crippen LogP contribution is 2.26. The molecule has 1 aromatic heterocycles. The molecule has 1 aromatic carbocycles. The van der Waals surface area contributed by atoms with E-state index in [-0.39, 0.29) is 23.4 Å². The molecule has 2 aliphatic heterocycles. The predicted octanol–water partition coefficient (Wildman–Crippen LogP) is 0.716. The Labute approximate surface area is 157 Å². The number of amides is 2. The number of pyridine rings is 1. The summed E-state index contributed by atoms with van der Waals surface area (Å²) in [4.78, 5) is 42.2. The summed E-state index contributed by atoms with van der Waals surface area (Å²) in [5.41, 5.74) is 0.377. The maximum atomic E-state index is 12.5. The van der Waals surface area contributed by atoms with Gasteiger partial charge in [0.1, 0.15) is 5.56 Å². The van der Waals surface area contributed by atoms with Crippen molar-refractivity contribution in [1.82, 2.24) is 20.5 Å². The zero-order valence-corrected chi connectivity index (χ0v) is 15.2. The zero-order chi connectivity index (χ0) is 18.8. The third-order valence-electron chi connectivity index (χ3n) is 5.81. The lowest BCUT2D eigenvalue weighted by atomic mass is 9.92. The first-order chi connectivity index (χ1) is 13.1. The van der Waals surface area contributed by atoms with Crippen LogP contribution in [0.4, 0.5) is 0 Å². The van der Waals surface area contributed by atoms with E-state index in [1.54, 1.807) is 18.2 Å². The molecule has 0 bridgehead atoms. The summed E-state index contributed by atoms with van der Waals surface area (Å²) in [5.74, 6) is 0.682. The van der Waals surface area contributed by atoms with Crippen LogP contribution < -0.4 is 16.1 Å². The largest absolute Gasteiger partial charge is 0.360 e. The number of nitrogens with one attached hydrogen (secondary N) is 3. The van der Waals surface area contributed by atoms with Gasteiger partial charge < -0.3 is 20.5 Å². The summed E-state index contributed by atoms with van der Waals surface area (Å²) in [5, 5.41) is 6.49. The fourth-order valence-corrected chi connectivity index (χ4v) is 4.17. The molecule has 0 aliphatic carbocycles. The second-order valence-corrected chi connectivity index (χ2v) is 7.40. The second kappa shape index (κ2) is 7.52. The first-order valence-corrected chi connectivity index (χ1v) is 9.50. The smallest absolute Gasteiger partial charge is 0.257 e. The molecule has 0 spiro atoms. The van der Waals surface area contributed by atoms with Gasteiger partial charge in [-0.15, -0.1) is 0 Å². The Hall–Kier alpha value is -2.67. The van der Waals surface area contributed by atoms with Gasteiger partial charge in [-0.2, -0.15) is 0 Å². The maximum Gasteiger partial charge on any atom is 0.257 e. The molecule has 2 saturated heterocycles. The Morgan fingerprint density at radius 1 is 1.11 bits per heavy atom. The quantitative estimate of drug-likeness (QED) is 0.744. The molecule has 0 unspecified atom stereocenters. The molecular weight excluding hydrogens is 344 g/mol. The van der Waals surface area contributed by atoms with Gasteiger partial charge >= 0.3 is 0 Å². The molecule has 2 atom stereocenters. The molecule has 3 N–H and O–H groups in total. The number of aromatic amines is 1. The molecule has 3 heterocycles. The lowest BCUT2D eigenvalue weighted by molar-refractivity contribution is -0.130. The molecule has 2 fully saturated rings. The molecule has 2 amide bonds. The minimum absolute atomic E-state index is 0.0259. The summed E-state index contributed by atoms with van der Waals surface area (Å²) in [6.45, 7) is 3.45. The van der Waals surface area contributed by atoms with Crippen LogP contribution in [0, 0.1) is 11.8 Å². The SMILES string of the molecule is O=C(NCC(=O)N1CC[C@@H]2CNC[C@@H]2CC1)c1c[nH]c2ccccc2c1=O. The van der Waals surface area contributed by atoms with Crippen LogP contribution in [0.2, 0.25) is 0 Å². The molecule has 7 heteroatoms. The predicted molar refractivity (Wildman–Crippen MR) is 103 cm³/mol. The number of hydrogen-bond acceptors (Lipinski definition) is 4. The Balaban J connectivity index is 1.38. The van der Waals surface area contributed by atoms with Gasteiger partial charge in [0.2, 0.25) is 11.3 Å². The number of nitrogens with zero attached hydrogens (tertiary/aromatic N) is 1. The first-order valence-electron chi connectivity index (χ1n) is 9.50. The van der Waals surface area contributed by atoms with Crippen molar-refractivity contribution < 1.29 is 9.59 Å². The zero-order valence-electron chi connectivity index (χ0n) is 15.2. The van der Waals surface area contributed by atoms with Crippen LogP contribution in [0.1, 0.15) is 23.2 Å². The third-order valence-corrected chi connectivity index (χ3v) is 5.81. The van der Waals surface area contributed by atoms with Crippen LogP contribution >= 0.6 is 0 Å². The maximum absolute atomic E-state index is 12.5. The second-order valence-electron chi connectivity index (χ2n) is 7.40. The van der Waals surface area contributed by atoms with Gasteiger partial charge in [0.05, 0.1) is 6.54 Å². The number of hydrogen-bond donors (Lipinski definition) is 3. The number of para-hydroxylation sites is 1. The summed E-state index contributed by atoms with van der Waals surface area (Å²) < 4.78 is 0. The Morgan fingerprint density at radius 3 is 2.56 bits per heavy atom. The average molecular weight is 368 g/mol. The van der Waals surface area contributed by atoms with Gasteiger partial charge in [0, 0.05) is 30.2 Å². The van der Waals surface area contributed by atoms with E-state index in [1.807, 2.05) is 11.0 Å². The van der Waals surface area contributed by atoms with Crippen molar-refractivity contribution in [3.63, 3.8) is 0 Å². The van der Waals surface area contributed by atoms with Crippen LogP contribution in [0.25, 0.3) is 10.9 Å². The van der Waals surface area contributed by atoms with Crippen molar-refractivity contribution in [3.8, 4) is 0 Å². The van der Waals surface area contributed by atoms with E-state index in [4.69, 9.17) is 0 Å². The van der Waals surface area contributed by atoms with Crippen molar-refractivity contribution in [2.45, 2.75) is 12.8 Å². The summed E-state index contributed by atoms with van der Waals surface area (Å²) >= 11 is 0. The van der Waals surface area contributed by atoms with E-state index < -0.39 is 5.91 Å². The normalized spacial score (nSPS) is 22.3. The summed E-state index contributed by atoms with van der Waals surface area (Å²) in [6.07, 6.45) is 3.41. The average Bonchev–Trinajstić information content (AvgIpc) is 3.04. The molecule has 7 nitrogen and oxygen atoms in total. The monoisotopic (exact) mass is 368 g/mol. The summed E-state index contributed by atoms with van der Waals surface area (Å²) in [7, 11) is 0. The number of rotatable bonds is 3. The van der Waals surface area contributed by atoms with E-state index in [0.717, 1.165) is 39.0 Å². The number of H-pyrrole nitrogens is 1. The van der Waals surface area contributed by atoms with Gasteiger partial charge in [0.25, 0.3) is 5.91 Å². The van der Waals surface area contributed by atoms with E-state index in [2.05, 4.69) is 15.6 Å². The van der Waals surface area contributed by atoms with Crippen LogP contribution in [0.15, 0.2) is 35.3 Å². The van der Waals surface area contributed by atoms with E-state index in [0.29, 0.717) is 22.7 Å². The van der Waals surface area contributed by atoms with Crippen LogP contribution in [-0.4, -0.2) is 54.4 Å².